The fourth-order valence-corrected chi connectivity index (χ4v) is 2.33. The van der Waals surface area contributed by atoms with Gasteiger partial charge < -0.3 is 15.2 Å². The van der Waals surface area contributed by atoms with E-state index in [1.54, 1.807) is 0 Å². The van der Waals surface area contributed by atoms with Gasteiger partial charge in [0.05, 0.1) is 6.10 Å². The van der Waals surface area contributed by atoms with Crippen molar-refractivity contribution in [3.8, 4) is 0 Å². The van der Waals surface area contributed by atoms with E-state index in [1.807, 2.05) is 20.8 Å². The number of carbonyl (C=O) groups excluding carboxylic acids is 1. The highest BCUT2D eigenvalue weighted by molar-refractivity contribution is 5.69. The Balaban J connectivity index is 1.74. The second kappa shape index (κ2) is 3.11. The molecule has 2 aliphatic carbocycles. The zero-order valence-electron chi connectivity index (χ0n) is 9.54. The van der Waals surface area contributed by atoms with E-state index in [0.717, 1.165) is 19.3 Å². The van der Waals surface area contributed by atoms with Gasteiger partial charge in [0, 0.05) is 6.04 Å². The molecule has 2 rings (SSSR count). The van der Waals surface area contributed by atoms with Crippen molar-refractivity contribution in [3.05, 3.63) is 0 Å². The summed E-state index contributed by atoms with van der Waals surface area (Å²) in [5.41, 5.74) is -0.235. The predicted molar refractivity (Wildman–Crippen MR) is 55.4 cm³/mol. The minimum atomic E-state index is -0.439. The van der Waals surface area contributed by atoms with Crippen LogP contribution in [0, 0.1) is 5.41 Å². The second-order valence-corrected chi connectivity index (χ2v) is 5.83. The molecule has 0 aliphatic heterocycles. The third-order valence-corrected chi connectivity index (χ3v) is 3.16. The van der Waals surface area contributed by atoms with Crippen LogP contribution in [0.3, 0.4) is 0 Å². The van der Waals surface area contributed by atoms with E-state index in [1.165, 1.54) is 0 Å². The number of aliphatic hydroxyl groups is 1. The molecule has 0 bridgehead atoms. The van der Waals surface area contributed by atoms with Crippen molar-refractivity contribution < 1.29 is 14.6 Å². The van der Waals surface area contributed by atoms with Gasteiger partial charge in [-0.2, -0.15) is 0 Å². The van der Waals surface area contributed by atoms with Crippen molar-refractivity contribution >= 4 is 6.09 Å². The Labute approximate surface area is 90.0 Å². The minimum Gasteiger partial charge on any atom is -0.444 e. The highest BCUT2D eigenvalue weighted by atomic mass is 16.6. The molecule has 15 heavy (non-hydrogen) atoms. The molecule has 0 saturated heterocycles. The van der Waals surface area contributed by atoms with E-state index < -0.39 is 5.60 Å². The Morgan fingerprint density at radius 2 is 2.00 bits per heavy atom. The van der Waals surface area contributed by atoms with Crippen molar-refractivity contribution in [1.82, 2.24) is 5.32 Å². The number of aliphatic hydroxyl groups excluding tert-OH is 1. The quantitative estimate of drug-likeness (QED) is 0.692. The summed E-state index contributed by atoms with van der Waals surface area (Å²) >= 11 is 0. The van der Waals surface area contributed by atoms with E-state index in [9.17, 15) is 9.90 Å². The Bertz CT molecular complexity index is 276. The smallest absolute Gasteiger partial charge is 0.407 e. The molecule has 2 fully saturated rings. The van der Waals surface area contributed by atoms with E-state index in [4.69, 9.17) is 4.74 Å². The lowest BCUT2D eigenvalue weighted by Crippen LogP contribution is -2.40. The van der Waals surface area contributed by atoms with Gasteiger partial charge in [-0.1, -0.05) is 0 Å². The Morgan fingerprint density at radius 1 is 1.40 bits per heavy atom. The van der Waals surface area contributed by atoms with Crippen molar-refractivity contribution in [2.24, 2.45) is 5.41 Å². The van der Waals surface area contributed by atoms with Crippen LogP contribution < -0.4 is 5.32 Å². The van der Waals surface area contributed by atoms with Crippen molar-refractivity contribution in [2.45, 2.75) is 57.8 Å². The third kappa shape index (κ3) is 2.25. The van der Waals surface area contributed by atoms with E-state index in [-0.39, 0.29) is 23.7 Å². The van der Waals surface area contributed by atoms with Crippen LogP contribution in [0.5, 0.6) is 0 Å². The van der Waals surface area contributed by atoms with Gasteiger partial charge in [0.15, 0.2) is 0 Å². The molecule has 1 amide bonds. The molecule has 2 N–H and O–H groups in total. The summed E-state index contributed by atoms with van der Waals surface area (Å²) in [6.07, 6.45) is 2.14. The Hall–Kier alpha value is -0.770. The molecular formula is C11H19NO3. The maximum absolute atomic E-state index is 11.4. The molecule has 2 saturated carbocycles. The fraction of sp³-hybridized carbons (Fsp3) is 0.909. The van der Waals surface area contributed by atoms with Gasteiger partial charge in [-0.15, -0.1) is 0 Å². The molecule has 1 unspecified atom stereocenters. The molecule has 0 heterocycles. The van der Waals surface area contributed by atoms with E-state index in [0.29, 0.717) is 0 Å². The van der Waals surface area contributed by atoms with Crippen LogP contribution >= 0.6 is 0 Å². The molecule has 4 heteroatoms. The number of carbonyl (C=O) groups is 1. The maximum atomic E-state index is 11.4. The lowest BCUT2D eigenvalue weighted by atomic mass is 9.78. The summed E-state index contributed by atoms with van der Waals surface area (Å²) in [4.78, 5) is 11.4. The second-order valence-electron chi connectivity index (χ2n) is 5.83. The number of amides is 1. The summed E-state index contributed by atoms with van der Waals surface area (Å²) in [5, 5.41) is 12.1. The molecule has 1 atom stereocenters. The standard InChI is InChI=1S/C11H19NO3/c1-10(2,3)15-9(14)12-8-6-11(8)4-7(13)5-11/h7-8,13H,4-6H2,1-3H3,(H,12,14). The molecular weight excluding hydrogens is 194 g/mol. The van der Waals surface area contributed by atoms with Crippen LogP contribution in [-0.2, 0) is 4.74 Å². The first kappa shape index (κ1) is 10.7. The zero-order valence-corrected chi connectivity index (χ0v) is 9.54. The van der Waals surface area contributed by atoms with Crippen LogP contribution in [0.2, 0.25) is 0 Å². The molecule has 2 aliphatic rings. The third-order valence-electron chi connectivity index (χ3n) is 3.16. The summed E-state index contributed by atoms with van der Waals surface area (Å²) in [7, 11) is 0. The first-order valence-corrected chi connectivity index (χ1v) is 5.48. The molecule has 0 aromatic carbocycles. The number of alkyl carbamates (subject to hydrolysis) is 1. The SMILES string of the molecule is CC(C)(C)OC(=O)NC1CC12CC(O)C2. The number of rotatable bonds is 1. The number of hydrogen-bond donors (Lipinski definition) is 2. The first-order valence-electron chi connectivity index (χ1n) is 5.48. The highest BCUT2D eigenvalue weighted by Gasteiger charge is 2.62. The average Bonchev–Trinajstić information content (AvgIpc) is 2.57. The van der Waals surface area contributed by atoms with Crippen molar-refractivity contribution in [2.75, 3.05) is 0 Å². The maximum Gasteiger partial charge on any atom is 0.407 e. The minimum absolute atomic E-state index is 0.157. The van der Waals surface area contributed by atoms with Gasteiger partial charge in [0.1, 0.15) is 5.60 Å². The molecule has 4 nitrogen and oxygen atoms in total. The predicted octanol–water partition coefficient (Wildman–Crippen LogP) is 1.42. The van der Waals surface area contributed by atoms with Gasteiger partial charge in [0.2, 0.25) is 0 Å². The summed E-state index contributed by atoms with van der Waals surface area (Å²) in [5.74, 6) is 0. The summed E-state index contributed by atoms with van der Waals surface area (Å²) in [6.45, 7) is 5.55. The molecule has 0 aromatic rings. The zero-order chi connectivity index (χ0) is 11.3. The average molecular weight is 213 g/mol. The molecule has 1 spiro atoms. The molecule has 86 valence electrons. The highest BCUT2D eigenvalue weighted by Crippen LogP contribution is 2.60. The molecule has 0 radical (unpaired) electrons. The van der Waals surface area contributed by atoms with Gasteiger partial charge >= 0.3 is 6.09 Å². The summed E-state index contributed by atoms with van der Waals surface area (Å²) < 4.78 is 5.16. The molecule has 0 aromatic heterocycles. The van der Waals surface area contributed by atoms with Gasteiger partial charge in [-0.3, -0.25) is 0 Å². The lowest BCUT2D eigenvalue weighted by Gasteiger charge is -2.33. The Kier molecular flexibility index (Phi) is 2.23. The van der Waals surface area contributed by atoms with E-state index in [2.05, 4.69) is 5.32 Å². The first-order chi connectivity index (χ1) is 6.81. The van der Waals surface area contributed by atoms with Crippen molar-refractivity contribution in [1.29, 1.82) is 0 Å². The van der Waals surface area contributed by atoms with Gasteiger partial charge in [-0.25, -0.2) is 4.79 Å². The normalized spacial score (nSPS) is 38.4. The Morgan fingerprint density at radius 3 is 2.47 bits per heavy atom. The fourth-order valence-electron chi connectivity index (χ4n) is 2.33. The van der Waals surface area contributed by atoms with Gasteiger partial charge in [-0.05, 0) is 45.4 Å². The summed E-state index contributed by atoms with van der Waals surface area (Å²) in [6, 6.07) is 0.218. The van der Waals surface area contributed by atoms with Crippen LogP contribution in [-0.4, -0.2) is 28.9 Å². The van der Waals surface area contributed by atoms with Crippen LogP contribution in [0.15, 0.2) is 0 Å². The topological polar surface area (TPSA) is 58.6 Å². The number of ether oxygens (including phenoxy) is 1. The monoisotopic (exact) mass is 213 g/mol. The number of hydrogen-bond acceptors (Lipinski definition) is 3. The van der Waals surface area contributed by atoms with Crippen molar-refractivity contribution in [3.63, 3.8) is 0 Å². The van der Waals surface area contributed by atoms with Crippen LogP contribution in [0.1, 0.15) is 40.0 Å². The van der Waals surface area contributed by atoms with Gasteiger partial charge in [0.25, 0.3) is 0 Å². The largest absolute Gasteiger partial charge is 0.444 e. The number of nitrogens with one attached hydrogen (secondary N) is 1. The lowest BCUT2D eigenvalue weighted by molar-refractivity contribution is 0.0195. The van der Waals surface area contributed by atoms with Crippen LogP contribution in [0.25, 0.3) is 0 Å². The van der Waals surface area contributed by atoms with E-state index >= 15 is 0 Å². The van der Waals surface area contributed by atoms with Crippen LogP contribution in [0.4, 0.5) is 4.79 Å².